The number of hydrogen-bond acceptors (Lipinski definition) is 5. The fraction of sp³-hybridized carbons (Fsp3) is 0.500. The van der Waals surface area contributed by atoms with Gasteiger partial charge in [-0.2, -0.15) is 0 Å². The highest BCUT2D eigenvalue weighted by Gasteiger charge is 2.35. The Morgan fingerprint density at radius 3 is 2.55 bits per heavy atom. The van der Waals surface area contributed by atoms with Crippen LogP contribution in [0.2, 0.25) is 0 Å². The van der Waals surface area contributed by atoms with Crippen LogP contribution in [0.15, 0.2) is 30.3 Å². The van der Waals surface area contributed by atoms with Crippen LogP contribution in [0.1, 0.15) is 31.9 Å². The van der Waals surface area contributed by atoms with Crippen LogP contribution >= 0.6 is 0 Å². The van der Waals surface area contributed by atoms with E-state index in [2.05, 4.69) is 10.1 Å². The molecule has 1 unspecified atom stereocenters. The summed E-state index contributed by atoms with van der Waals surface area (Å²) in [5.74, 6) is -0.443. The lowest BCUT2D eigenvalue weighted by atomic mass is 9.95. The van der Waals surface area contributed by atoms with Gasteiger partial charge in [-0.15, -0.1) is 0 Å². The van der Waals surface area contributed by atoms with Crippen LogP contribution in [-0.4, -0.2) is 35.9 Å². The van der Waals surface area contributed by atoms with Gasteiger partial charge in [-0.1, -0.05) is 44.2 Å². The summed E-state index contributed by atoms with van der Waals surface area (Å²) in [6.07, 6.45) is -1.81. The summed E-state index contributed by atoms with van der Waals surface area (Å²) in [6.45, 7) is 4.26. The zero-order chi connectivity index (χ0) is 16.1. The molecule has 1 heterocycles. The van der Waals surface area contributed by atoms with Crippen molar-refractivity contribution in [2.24, 2.45) is 5.92 Å². The maximum absolute atomic E-state index is 11.8. The van der Waals surface area contributed by atoms with Gasteiger partial charge in [0.05, 0.1) is 18.8 Å². The van der Waals surface area contributed by atoms with Crippen molar-refractivity contribution >= 4 is 12.1 Å². The maximum Gasteiger partial charge on any atom is 0.415 e. The number of ether oxygens (including phenoxy) is 2. The molecule has 0 aromatic heterocycles. The zero-order valence-corrected chi connectivity index (χ0v) is 12.7. The lowest BCUT2D eigenvalue weighted by Gasteiger charge is -2.25. The molecule has 120 valence electrons. The number of amides is 1. The van der Waals surface area contributed by atoms with Crippen molar-refractivity contribution in [3.05, 3.63) is 35.9 Å². The van der Waals surface area contributed by atoms with Crippen LogP contribution in [0.25, 0.3) is 0 Å². The highest BCUT2D eigenvalue weighted by atomic mass is 16.6. The van der Waals surface area contributed by atoms with E-state index in [1.807, 2.05) is 32.0 Å². The Morgan fingerprint density at radius 2 is 2.00 bits per heavy atom. The molecule has 1 fully saturated rings. The van der Waals surface area contributed by atoms with Crippen molar-refractivity contribution in [3.8, 4) is 0 Å². The average Bonchev–Trinajstić information content (AvgIpc) is 3.30. The standard InChI is InChI=1S/C16H21NO5/c1-10(2)8-12(14(18)11-6-4-3-5-7-11)17-16(20)22-15(19)13-9-21-13/h3-7,10,12-14,18H,8-9H2,1-2H3,(H,17,20)/t12-,13?,14+/m0/s1. The van der Waals surface area contributed by atoms with E-state index in [4.69, 9.17) is 4.74 Å². The van der Waals surface area contributed by atoms with Gasteiger partial charge in [0.25, 0.3) is 0 Å². The van der Waals surface area contributed by atoms with Gasteiger partial charge in [0.1, 0.15) is 0 Å². The van der Waals surface area contributed by atoms with Gasteiger partial charge in [-0.3, -0.25) is 0 Å². The highest BCUT2D eigenvalue weighted by Crippen LogP contribution is 2.22. The molecule has 2 rings (SSSR count). The number of carbonyl (C=O) groups excluding carboxylic acids is 2. The van der Waals surface area contributed by atoms with Crippen molar-refractivity contribution in [1.29, 1.82) is 0 Å². The van der Waals surface area contributed by atoms with Gasteiger partial charge in [0, 0.05) is 0 Å². The topological polar surface area (TPSA) is 88.2 Å². The van der Waals surface area contributed by atoms with E-state index in [-0.39, 0.29) is 12.5 Å². The van der Waals surface area contributed by atoms with Crippen LogP contribution < -0.4 is 5.32 Å². The van der Waals surface area contributed by atoms with Crippen LogP contribution in [0.3, 0.4) is 0 Å². The molecule has 1 aromatic rings. The first kappa shape index (κ1) is 16.5. The maximum atomic E-state index is 11.8. The number of epoxide rings is 1. The number of benzene rings is 1. The van der Waals surface area contributed by atoms with Gasteiger partial charge in [-0.05, 0) is 17.9 Å². The van der Waals surface area contributed by atoms with Crippen LogP contribution in [0.5, 0.6) is 0 Å². The highest BCUT2D eigenvalue weighted by molar-refractivity contribution is 5.88. The van der Waals surface area contributed by atoms with E-state index in [9.17, 15) is 14.7 Å². The number of esters is 1. The van der Waals surface area contributed by atoms with Gasteiger partial charge < -0.3 is 19.9 Å². The molecule has 1 amide bonds. The lowest BCUT2D eigenvalue weighted by Crippen LogP contribution is -2.41. The van der Waals surface area contributed by atoms with E-state index in [0.717, 1.165) is 0 Å². The molecule has 2 N–H and O–H groups in total. The Kier molecular flexibility index (Phi) is 5.51. The average molecular weight is 307 g/mol. The first-order valence-electron chi connectivity index (χ1n) is 7.34. The van der Waals surface area contributed by atoms with Crippen molar-refractivity contribution in [1.82, 2.24) is 5.32 Å². The Labute approximate surface area is 129 Å². The third-order valence-electron chi connectivity index (χ3n) is 3.34. The summed E-state index contributed by atoms with van der Waals surface area (Å²) in [5.41, 5.74) is 0.699. The van der Waals surface area contributed by atoms with Crippen LogP contribution in [0, 0.1) is 5.92 Å². The quantitative estimate of drug-likeness (QED) is 0.475. The fourth-order valence-corrected chi connectivity index (χ4v) is 2.18. The van der Waals surface area contributed by atoms with E-state index >= 15 is 0 Å². The minimum absolute atomic E-state index is 0.256. The molecule has 1 aliphatic heterocycles. The molecule has 0 aliphatic carbocycles. The molecular weight excluding hydrogens is 286 g/mol. The summed E-state index contributed by atoms with van der Waals surface area (Å²) in [7, 11) is 0. The van der Waals surface area contributed by atoms with E-state index in [1.165, 1.54) is 0 Å². The molecule has 0 saturated carbocycles. The predicted molar refractivity (Wildman–Crippen MR) is 79.0 cm³/mol. The molecular formula is C16H21NO5. The molecule has 1 aliphatic rings. The second kappa shape index (κ2) is 7.38. The number of aliphatic hydroxyl groups excluding tert-OH is 1. The normalized spacial score (nSPS) is 19.4. The number of hydrogen-bond donors (Lipinski definition) is 2. The fourth-order valence-electron chi connectivity index (χ4n) is 2.18. The first-order chi connectivity index (χ1) is 10.5. The molecule has 6 nitrogen and oxygen atoms in total. The molecule has 0 radical (unpaired) electrons. The van der Waals surface area contributed by atoms with E-state index < -0.39 is 30.3 Å². The molecule has 1 aromatic carbocycles. The number of carbonyl (C=O) groups is 2. The lowest BCUT2D eigenvalue weighted by molar-refractivity contribution is -0.138. The largest absolute Gasteiger partial charge is 0.415 e. The van der Waals surface area contributed by atoms with Crippen molar-refractivity contribution < 1.29 is 24.2 Å². The smallest absolute Gasteiger partial charge is 0.386 e. The van der Waals surface area contributed by atoms with Gasteiger partial charge in [0.15, 0.2) is 6.10 Å². The Bertz CT molecular complexity index is 513. The van der Waals surface area contributed by atoms with E-state index in [1.54, 1.807) is 12.1 Å². The second-order valence-electron chi connectivity index (χ2n) is 5.77. The predicted octanol–water partition coefficient (Wildman–Crippen LogP) is 1.79. The van der Waals surface area contributed by atoms with Crippen molar-refractivity contribution in [3.63, 3.8) is 0 Å². The van der Waals surface area contributed by atoms with Gasteiger partial charge in [0.2, 0.25) is 0 Å². The number of nitrogens with one attached hydrogen (secondary N) is 1. The SMILES string of the molecule is CC(C)C[C@H](NC(=O)OC(=O)C1CO1)[C@H](O)c1ccccc1. The van der Waals surface area contributed by atoms with Crippen LogP contribution in [0.4, 0.5) is 4.79 Å². The third kappa shape index (κ3) is 4.82. The van der Waals surface area contributed by atoms with Gasteiger partial charge >= 0.3 is 12.1 Å². The van der Waals surface area contributed by atoms with Crippen molar-refractivity contribution in [2.75, 3.05) is 6.61 Å². The second-order valence-corrected chi connectivity index (χ2v) is 5.77. The molecule has 3 atom stereocenters. The Hall–Kier alpha value is -1.92. The number of aliphatic hydroxyl groups is 1. The molecule has 0 bridgehead atoms. The zero-order valence-electron chi connectivity index (χ0n) is 12.7. The minimum atomic E-state index is -0.872. The van der Waals surface area contributed by atoms with Gasteiger partial charge in [-0.25, -0.2) is 9.59 Å². The monoisotopic (exact) mass is 307 g/mol. The summed E-state index contributed by atoms with van der Waals surface area (Å²) in [6, 6.07) is 8.52. The van der Waals surface area contributed by atoms with Crippen LogP contribution in [-0.2, 0) is 14.3 Å². The summed E-state index contributed by atoms with van der Waals surface area (Å²) in [5, 5.41) is 13.0. The van der Waals surface area contributed by atoms with Crippen molar-refractivity contribution in [2.45, 2.75) is 38.5 Å². The summed E-state index contributed by atoms with van der Waals surface area (Å²) in [4.78, 5) is 23.2. The number of rotatable bonds is 6. The third-order valence-corrected chi connectivity index (χ3v) is 3.34. The Balaban J connectivity index is 1.98. The molecule has 1 saturated heterocycles. The molecule has 6 heteroatoms. The van der Waals surface area contributed by atoms with E-state index in [0.29, 0.717) is 12.0 Å². The minimum Gasteiger partial charge on any atom is -0.386 e. The number of alkyl carbamates (subject to hydrolysis) is 1. The molecule has 22 heavy (non-hydrogen) atoms. The molecule has 0 spiro atoms. The first-order valence-corrected chi connectivity index (χ1v) is 7.34. The summed E-state index contributed by atoms with van der Waals surface area (Å²) >= 11 is 0. The summed E-state index contributed by atoms with van der Waals surface area (Å²) < 4.78 is 9.40. The Morgan fingerprint density at radius 1 is 1.36 bits per heavy atom.